The van der Waals surface area contributed by atoms with E-state index in [0.717, 1.165) is 0 Å². The molecule has 0 bridgehead atoms. The Morgan fingerprint density at radius 3 is 2.21 bits per heavy atom. The number of rotatable bonds is 3. The molecule has 6 heteroatoms. The van der Waals surface area contributed by atoms with Crippen molar-refractivity contribution < 1.29 is 12.8 Å². The van der Waals surface area contributed by atoms with Crippen LogP contribution in [0.1, 0.15) is 13.8 Å². The summed E-state index contributed by atoms with van der Waals surface area (Å²) in [6.07, 6.45) is 0. The fraction of sp³-hybridized carbons (Fsp3) is 0.538. The van der Waals surface area contributed by atoms with Crippen molar-refractivity contribution in [1.29, 1.82) is 0 Å². The molecule has 0 amide bonds. The smallest absolute Gasteiger partial charge is 0.246 e. The van der Waals surface area contributed by atoms with Gasteiger partial charge in [0.1, 0.15) is 10.7 Å². The number of sulfonamides is 1. The van der Waals surface area contributed by atoms with Crippen LogP contribution in [0.15, 0.2) is 29.2 Å². The zero-order valence-corrected chi connectivity index (χ0v) is 12.0. The summed E-state index contributed by atoms with van der Waals surface area (Å²) in [6.45, 7) is 6.36. The fourth-order valence-corrected chi connectivity index (χ4v) is 3.74. The third kappa shape index (κ3) is 2.96. The Labute approximate surface area is 113 Å². The molecule has 1 heterocycles. The average Bonchev–Trinajstić information content (AvgIpc) is 2.39. The van der Waals surface area contributed by atoms with Gasteiger partial charge in [-0.3, -0.25) is 4.90 Å². The summed E-state index contributed by atoms with van der Waals surface area (Å²) in [5.74, 6) is -0.686. The van der Waals surface area contributed by atoms with E-state index in [2.05, 4.69) is 18.7 Å². The molecule has 0 spiro atoms. The van der Waals surface area contributed by atoms with Gasteiger partial charge in [-0.25, -0.2) is 12.8 Å². The monoisotopic (exact) mass is 286 g/mol. The molecule has 1 aromatic carbocycles. The number of nitrogens with zero attached hydrogens (tertiary/aromatic N) is 2. The minimum absolute atomic E-state index is 0.229. The molecular formula is C13H19FN2O2S. The molecule has 106 valence electrons. The summed E-state index contributed by atoms with van der Waals surface area (Å²) >= 11 is 0. The number of benzene rings is 1. The number of hydrogen-bond acceptors (Lipinski definition) is 3. The minimum atomic E-state index is -3.71. The first-order chi connectivity index (χ1) is 8.93. The van der Waals surface area contributed by atoms with Gasteiger partial charge in [0.15, 0.2) is 0 Å². The molecule has 4 nitrogen and oxygen atoms in total. The summed E-state index contributed by atoms with van der Waals surface area (Å²) in [5.41, 5.74) is 0. The highest BCUT2D eigenvalue weighted by Gasteiger charge is 2.30. The van der Waals surface area contributed by atoms with E-state index in [1.807, 2.05) is 0 Å². The maximum Gasteiger partial charge on any atom is 0.246 e. The molecule has 0 atom stereocenters. The van der Waals surface area contributed by atoms with E-state index in [1.54, 1.807) is 6.07 Å². The summed E-state index contributed by atoms with van der Waals surface area (Å²) in [4.78, 5) is 1.99. The Morgan fingerprint density at radius 1 is 1.11 bits per heavy atom. The predicted octanol–water partition coefficient (Wildman–Crippen LogP) is 1.54. The van der Waals surface area contributed by atoms with Gasteiger partial charge in [0.25, 0.3) is 0 Å². The van der Waals surface area contributed by atoms with Crippen LogP contribution in [0.3, 0.4) is 0 Å². The van der Waals surface area contributed by atoms with Crippen LogP contribution >= 0.6 is 0 Å². The molecule has 0 saturated carbocycles. The van der Waals surface area contributed by atoms with Gasteiger partial charge in [-0.15, -0.1) is 0 Å². The molecule has 1 saturated heterocycles. The van der Waals surface area contributed by atoms with Gasteiger partial charge >= 0.3 is 0 Å². The lowest BCUT2D eigenvalue weighted by Gasteiger charge is -2.36. The first kappa shape index (κ1) is 14.4. The molecule has 0 unspecified atom stereocenters. The SMILES string of the molecule is CC(C)N1CCN(S(=O)(=O)c2ccccc2F)CC1. The van der Waals surface area contributed by atoms with Crippen LogP contribution in [0.25, 0.3) is 0 Å². The second kappa shape index (κ2) is 5.56. The van der Waals surface area contributed by atoms with E-state index in [1.165, 1.54) is 22.5 Å². The quantitative estimate of drug-likeness (QED) is 0.846. The Bertz CT molecular complexity index is 537. The van der Waals surface area contributed by atoms with E-state index in [-0.39, 0.29) is 4.90 Å². The first-order valence-corrected chi connectivity index (χ1v) is 7.85. The highest BCUT2D eigenvalue weighted by Crippen LogP contribution is 2.20. The van der Waals surface area contributed by atoms with Crippen LogP contribution in [-0.2, 0) is 10.0 Å². The second-order valence-electron chi connectivity index (χ2n) is 4.96. The second-order valence-corrected chi connectivity index (χ2v) is 6.87. The van der Waals surface area contributed by atoms with Gasteiger partial charge in [0.05, 0.1) is 0 Å². The van der Waals surface area contributed by atoms with Crippen molar-refractivity contribution in [3.63, 3.8) is 0 Å². The standard InChI is InChI=1S/C13H19FN2O2S/c1-11(2)15-7-9-16(10-8-15)19(17,18)13-6-4-3-5-12(13)14/h3-6,11H,7-10H2,1-2H3. The highest BCUT2D eigenvalue weighted by molar-refractivity contribution is 7.89. The van der Waals surface area contributed by atoms with Gasteiger partial charge < -0.3 is 0 Å². The van der Waals surface area contributed by atoms with Crippen LogP contribution in [0, 0.1) is 5.82 Å². The van der Waals surface area contributed by atoms with Crippen LogP contribution in [0.4, 0.5) is 4.39 Å². The van der Waals surface area contributed by atoms with Gasteiger partial charge in [-0.05, 0) is 26.0 Å². The van der Waals surface area contributed by atoms with Crippen molar-refractivity contribution >= 4 is 10.0 Å². The number of halogens is 1. The van der Waals surface area contributed by atoms with E-state index in [4.69, 9.17) is 0 Å². The fourth-order valence-electron chi connectivity index (χ4n) is 2.25. The topological polar surface area (TPSA) is 40.6 Å². The van der Waals surface area contributed by atoms with Crippen LogP contribution in [-0.4, -0.2) is 49.8 Å². The van der Waals surface area contributed by atoms with Crippen LogP contribution in [0.5, 0.6) is 0 Å². The van der Waals surface area contributed by atoms with Crippen molar-refractivity contribution in [3.05, 3.63) is 30.1 Å². The van der Waals surface area contributed by atoms with Crippen molar-refractivity contribution in [2.24, 2.45) is 0 Å². The van der Waals surface area contributed by atoms with Crippen molar-refractivity contribution in [2.45, 2.75) is 24.8 Å². The molecule has 0 radical (unpaired) electrons. The van der Waals surface area contributed by atoms with Crippen molar-refractivity contribution in [1.82, 2.24) is 9.21 Å². The van der Waals surface area contributed by atoms with E-state index >= 15 is 0 Å². The van der Waals surface area contributed by atoms with E-state index < -0.39 is 15.8 Å². The highest BCUT2D eigenvalue weighted by atomic mass is 32.2. The lowest BCUT2D eigenvalue weighted by molar-refractivity contribution is 0.154. The average molecular weight is 286 g/mol. The Balaban J connectivity index is 2.17. The lowest BCUT2D eigenvalue weighted by atomic mass is 10.3. The molecule has 0 N–H and O–H groups in total. The molecular weight excluding hydrogens is 267 g/mol. The summed E-state index contributed by atoms with van der Waals surface area (Å²) in [7, 11) is -3.71. The maximum atomic E-state index is 13.6. The van der Waals surface area contributed by atoms with Gasteiger partial charge in [0, 0.05) is 32.2 Å². The van der Waals surface area contributed by atoms with Crippen LogP contribution < -0.4 is 0 Å². The minimum Gasteiger partial charge on any atom is -0.298 e. The maximum absolute atomic E-state index is 13.6. The van der Waals surface area contributed by atoms with E-state index in [0.29, 0.717) is 32.2 Å². The molecule has 1 aliphatic heterocycles. The lowest BCUT2D eigenvalue weighted by Crippen LogP contribution is -2.50. The molecule has 1 aliphatic rings. The third-order valence-electron chi connectivity index (χ3n) is 3.46. The predicted molar refractivity (Wildman–Crippen MR) is 71.9 cm³/mol. The molecule has 1 fully saturated rings. The summed E-state index contributed by atoms with van der Waals surface area (Å²) < 4.78 is 39.7. The molecule has 19 heavy (non-hydrogen) atoms. The van der Waals surface area contributed by atoms with Crippen LogP contribution in [0.2, 0.25) is 0 Å². The zero-order chi connectivity index (χ0) is 14.0. The molecule has 0 aliphatic carbocycles. The summed E-state index contributed by atoms with van der Waals surface area (Å²) in [5, 5.41) is 0. The molecule has 0 aromatic heterocycles. The van der Waals surface area contributed by atoms with Crippen molar-refractivity contribution in [3.8, 4) is 0 Å². The zero-order valence-electron chi connectivity index (χ0n) is 11.2. The van der Waals surface area contributed by atoms with E-state index in [9.17, 15) is 12.8 Å². The largest absolute Gasteiger partial charge is 0.298 e. The van der Waals surface area contributed by atoms with Gasteiger partial charge in [0.2, 0.25) is 10.0 Å². The van der Waals surface area contributed by atoms with Gasteiger partial charge in [-0.1, -0.05) is 12.1 Å². The number of piperazine rings is 1. The third-order valence-corrected chi connectivity index (χ3v) is 5.39. The Kier molecular flexibility index (Phi) is 4.23. The summed E-state index contributed by atoms with van der Waals surface area (Å²) in [6, 6.07) is 5.93. The number of hydrogen-bond donors (Lipinski definition) is 0. The normalized spacial score (nSPS) is 18.9. The molecule has 2 rings (SSSR count). The van der Waals surface area contributed by atoms with Gasteiger partial charge in [-0.2, -0.15) is 4.31 Å². The van der Waals surface area contributed by atoms with Crippen molar-refractivity contribution in [2.75, 3.05) is 26.2 Å². The first-order valence-electron chi connectivity index (χ1n) is 6.41. The molecule has 1 aromatic rings. The Morgan fingerprint density at radius 2 is 1.68 bits per heavy atom. The Hall–Kier alpha value is -0.980.